The van der Waals surface area contributed by atoms with Crippen LogP contribution in [-0.4, -0.2) is 102 Å². The Labute approximate surface area is 225 Å². The van der Waals surface area contributed by atoms with Gasteiger partial charge in [-0.05, 0) is 30.5 Å². The minimum atomic E-state index is -0.792. The van der Waals surface area contributed by atoms with Gasteiger partial charge in [-0.2, -0.15) is 0 Å². The van der Waals surface area contributed by atoms with Crippen LogP contribution in [0.15, 0.2) is 30.5 Å². The van der Waals surface area contributed by atoms with Gasteiger partial charge in [0.25, 0.3) is 5.91 Å². The average Bonchev–Trinajstić information content (AvgIpc) is 2.91. The van der Waals surface area contributed by atoms with Crippen molar-refractivity contribution in [1.29, 1.82) is 0 Å². The standard InChI is InChI=1S/C26H45N5O7/c1-29-24(21-31(28)12-14-36-16-18-38-20-19-37-17-15-35-13-10-27)22-6-8-23(9-7-22)26(34)30-11-4-2-3-5-25(32)33/h6-9,21,29H,2-5,10-20,27-28H2,1H3,(H,30,34)(H,32,33)/p+1/b24-21-. The number of nitrogens with one attached hydrogen (secondary N) is 2. The number of hydrogen-bond donors (Lipinski definition) is 5. The Morgan fingerprint density at radius 1 is 0.895 bits per heavy atom. The highest BCUT2D eigenvalue weighted by Gasteiger charge is 2.08. The topological polar surface area (TPSA) is 172 Å². The molecule has 0 spiro atoms. The number of ether oxygens (including phenoxy) is 4. The summed E-state index contributed by atoms with van der Waals surface area (Å²) >= 11 is 0. The van der Waals surface area contributed by atoms with Crippen molar-refractivity contribution >= 4 is 17.6 Å². The van der Waals surface area contributed by atoms with Crippen LogP contribution in [0.2, 0.25) is 0 Å². The maximum atomic E-state index is 12.3. The molecule has 0 saturated carbocycles. The van der Waals surface area contributed by atoms with E-state index in [2.05, 4.69) is 16.5 Å². The van der Waals surface area contributed by atoms with E-state index in [-0.39, 0.29) is 12.3 Å². The van der Waals surface area contributed by atoms with Gasteiger partial charge in [0.1, 0.15) is 0 Å². The molecule has 0 aromatic heterocycles. The molecule has 0 aliphatic rings. The third-order valence-electron chi connectivity index (χ3n) is 5.29. The van der Waals surface area contributed by atoms with Crippen LogP contribution in [0.25, 0.3) is 5.70 Å². The molecule has 8 N–H and O–H groups in total. The number of rotatable bonds is 24. The van der Waals surface area contributed by atoms with Crippen LogP contribution in [0, 0.1) is 0 Å². The molecule has 1 aromatic rings. The van der Waals surface area contributed by atoms with Crippen molar-refractivity contribution in [2.24, 2.45) is 5.73 Å². The maximum absolute atomic E-state index is 12.3. The van der Waals surface area contributed by atoms with Gasteiger partial charge < -0.3 is 40.4 Å². The Balaban J connectivity index is 2.23. The zero-order valence-corrected chi connectivity index (χ0v) is 22.6. The number of nitrogens with zero attached hydrogens (tertiary/aromatic N) is 1. The van der Waals surface area contributed by atoms with E-state index in [1.165, 1.54) is 0 Å². The number of hydrogen-bond acceptors (Lipinski definition) is 9. The molecule has 38 heavy (non-hydrogen) atoms. The normalized spacial score (nSPS) is 11.4. The third kappa shape index (κ3) is 16.9. The summed E-state index contributed by atoms with van der Waals surface area (Å²) in [5, 5.41) is 16.5. The number of carboxylic acids is 1. The molecule has 0 saturated heterocycles. The van der Waals surface area contributed by atoms with Gasteiger partial charge in [0.2, 0.25) is 0 Å². The molecular weight excluding hydrogens is 494 g/mol. The first-order chi connectivity index (χ1) is 18.5. The molecule has 0 aliphatic heterocycles. The molecular formula is C26H46N5O7+. The zero-order chi connectivity index (χ0) is 27.8. The Bertz CT molecular complexity index is 793. The summed E-state index contributed by atoms with van der Waals surface area (Å²) in [6, 6.07) is 7.31. The first kappa shape index (κ1) is 33.3. The van der Waals surface area contributed by atoms with Crippen LogP contribution in [0.4, 0.5) is 0 Å². The molecule has 0 aliphatic carbocycles. The lowest BCUT2D eigenvalue weighted by atomic mass is 10.1. The SMILES string of the molecule is CN/C(=C\N([NH3+])CCOCCOCCOCCOCCN)c1ccc(C(=O)NCCCCCC(=O)O)cc1. The van der Waals surface area contributed by atoms with Crippen molar-refractivity contribution in [1.82, 2.24) is 15.6 Å². The van der Waals surface area contributed by atoms with Crippen molar-refractivity contribution in [2.75, 3.05) is 79.5 Å². The summed E-state index contributed by atoms with van der Waals surface area (Å²) in [6.45, 7) is 5.75. The Morgan fingerprint density at radius 2 is 1.45 bits per heavy atom. The summed E-state index contributed by atoms with van der Waals surface area (Å²) in [4.78, 5) is 22.8. The lowest BCUT2D eigenvalue weighted by Crippen LogP contribution is -2.65. The van der Waals surface area contributed by atoms with Crippen LogP contribution >= 0.6 is 0 Å². The Kier molecular flexibility index (Phi) is 19.5. The van der Waals surface area contributed by atoms with Crippen LogP contribution in [0.3, 0.4) is 0 Å². The van der Waals surface area contributed by atoms with E-state index >= 15 is 0 Å². The van der Waals surface area contributed by atoms with Crippen molar-refractivity contribution in [3.8, 4) is 0 Å². The number of carboxylic acid groups (broad SMARTS) is 1. The van der Waals surface area contributed by atoms with Gasteiger partial charge >= 0.3 is 5.97 Å². The molecule has 0 heterocycles. The highest BCUT2D eigenvalue weighted by molar-refractivity contribution is 5.94. The summed E-state index contributed by atoms with van der Waals surface area (Å²) < 4.78 is 21.7. The number of quaternary nitrogens is 1. The van der Waals surface area contributed by atoms with E-state index < -0.39 is 5.97 Å². The van der Waals surface area contributed by atoms with E-state index in [0.29, 0.717) is 84.5 Å². The van der Waals surface area contributed by atoms with Crippen molar-refractivity contribution in [3.05, 3.63) is 41.6 Å². The van der Waals surface area contributed by atoms with Gasteiger partial charge in [0, 0.05) is 32.1 Å². The Morgan fingerprint density at radius 3 is 2.00 bits per heavy atom. The van der Waals surface area contributed by atoms with Crippen LogP contribution in [-0.2, 0) is 23.7 Å². The van der Waals surface area contributed by atoms with Gasteiger partial charge in [-0.15, -0.1) is 0 Å². The number of aliphatic carboxylic acids is 1. The molecule has 0 atom stereocenters. The molecule has 1 aromatic carbocycles. The van der Waals surface area contributed by atoms with E-state index in [1.54, 1.807) is 17.1 Å². The van der Waals surface area contributed by atoms with Gasteiger partial charge in [0.05, 0.1) is 71.3 Å². The summed E-state index contributed by atoms with van der Waals surface area (Å²) in [6.07, 6.45) is 4.19. The van der Waals surface area contributed by atoms with Crippen LogP contribution < -0.4 is 22.2 Å². The minimum absolute atomic E-state index is 0.148. The molecule has 12 nitrogen and oxygen atoms in total. The second-order valence-electron chi connectivity index (χ2n) is 8.38. The van der Waals surface area contributed by atoms with Gasteiger partial charge in [-0.25, -0.2) is 5.01 Å². The lowest BCUT2D eigenvalue weighted by molar-refractivity contribution is -0.555. The maximum Gasteiger partial charge on any atom is 0.303 e. The molecule has 0 unspecified atom stereocenters. The zero-order valence-electron chi connectivity index (χ0n) is 22.6. The predicted octanol–water partition coefficient (Wildman–Crippen LogP) is 0.0632. The molecule has 1 amide bonds. The quantitative estimate of drug-likeness (QED) is 0.0892. The van der Waals surface area contributed by atoms with Crippen LogP contribution in [0.1, 0.15) is 41.6 Å². The Hall–Kier alpha value is -2.74. The fraction of sp³-hybridized carbons (Fsp3) is 0.615. The summed E-state index contributed by atoms with van der Waals surface area (Å²) in [5.41, 5.74) is 7.69. The van der Waals surface area contributed by atoms with Crippen LogP contribution in [0.5, 0.6) is 0 Å². The summed E-state index contributed by atoms with van der Waals surface area (Å²) in [7, 11) is 1.83. The van der Waals surface area contributed by atoms with E-state index in [0.717, 1.165) is 24.1 Å². The fourth-order valence-corrected chi connectivity index (χ4v) is 3.24. The van der Waals surface area contributed by atoms with E-state index in [4.69, 9.17) is 29.8 Å². The average molecular weight is 541 g/mol. The number of unbranched alkanes of at least 4 members (excludes halogenated alkanes) is 2. The second kappa shape index (κ2) is 22.3. The number of nitrogens with two attached hydrogens (primary N) is 1. The number of benzene rings is 1. The van der Waals surface area contributed by atoms with Gasteiger partial charge in [0.15, 0.2) is 0 Å². The largest absolute Gasteiger partial charge is 0.481 e. The molecule has 0 radical (unpaired) electrons. The number of carbonyl (C=O) groups excluding carboxylic acids is 1. The molecule has 12 heteroatoms. The van der Waals surface area contributed by atoms with Crippen molar-refractivity contribution in [3.63, 3.8) is 0 Å². The number of amides is 1. The smallest absolute Gasteiger partial charge is 0.303 e. The van der Waals surface area contributed by atoms with Crippen molar-refractivity contribution < 1.29 is 39.5 Å². The lowest BCUT2D eigenvalue weighted by Gasteiger charge is -2.14. The highest BCUT2D eigenvalue weighted by atomic mass is 16.6. The van der Waals surface area contributed by atoms with E-state index in [9.17, 15) is 9.59 Å². The summed E-state index contributed by atoms with van der Waals surface area (Å²) in [5.74, 6) is 3.09. The second-order valence-corrected chi connectivity index (χ2v) is 8.38. The molecule has 216 valence electrons. The first-order valence-electron chi connectivity index (χ1n) is 13.1. The predicted molar refractivity (Wildman–Crippen MR) is 144 cm³/mol. The first-order valence-corrected chi connectivity index (χ1v) is 13.1. The van der Waals surface area contributed by atoms with Gasteiger partial charge in [-0.3, -0.25) is 15.4 Å². The molecule has 1 rings (SSSR count). The highest BCUT2D eigenvalue weighted by Crippen LogP contribution is 2.13. The van der Waals surface area contributed by atoms with Crippen molar-refractivity contribution in [2.45, 2.75) is 25.7 Å². The van der Waals surface area contributed by atoms with Gasteiger partial charge in [-0.1, -0.05) is 18.6 Å². The van der Waals surface area contributed by atoms with E-state index in [1.807, 2.05) is 25.4 Å². The molecule has 0 bridgehead atoms. The molecule has 0 fully saturated rings. The number of carbonyl (C=O) groups is 2. The monoisotopic (exact) mass is 540 g/mol. The third-order valence-corrected chi connectivity index (χ3v) is 5.29. The minimum Gasteiger partial charge on any atom is -0.481 e. The fourth-order valence-electron chi connectivity index (χ4n) is 3.24.